The molecular weight excluding hydrogens is 322 g/mol. The Hall–Kier alpha value is -1.14. The van der Waals surface area contributed by atoms with E-state index in [1.54, 1.807) is 0 Å². The van der Waals surface area contributed by atoms with Crippen molar-refractivity contribution < 1.29 is 23.8 Å². The predicted molar refractivity (Wildman–Crippen MR) is 95.9 cm³/mol. The number of carbonyl (C=O) groups is 2. The largest absolute Gasteiger partial charge is 0.460 e. The molecule has 6 heteroatoms. The quantitative estimate of drug-likeness (QED) is 0.507. The molecule has 1 aliphatic rings. The summed E-state index contributed by atoms with van der Waals surface area (Å²) in [5, 5.41) is 2.86. The summed E-state index contributed by atoms with van der Waals surface area (Å²) in [6, 6.07) is -0.496. The Kier molecular flexibility index (Phi) is 9.43. The number of amides is 1. The van der Waals surface area contributed by atoms with Crippen molar-refractivity contribution in [3.8, 4) is 0 Å². The van der Waals surface area contributed by atoms with Crippen LogP contribution in [0.5, 0.6) is 0 Å². The van der Waals surface area contributed by atoms with Crippen molar-refractivity contribution >= 4 is 11.9 Å². The minimum absolute atomic E-state index is 0.0217. The normalized spacial score (nSPS) is 29.5. The van der Waals surface area contributed by atoms with Gasteiger partial charge in [-0.15, -0.1) is 0 Å². The van der Waals surface area contributed by atoms with Crippen LogP contribution in [-0.4, -0.2) is 43.0 Å². The average molecular weight is 357 g/mol. The Labute approximate surface area is 152 Å². The lowest BCUT2D eigenvalue weighted by Crippen LogP contribution is -2.62. The van der Waals surface area contributed by atoms with Gasteiger partial charge in [0.25, 0.3) is 0 Å². The summed E-state index contributed by atoms with van der Waals surface area (Å²) in [6.07, 6.45) is 2.85. The summed E-state index contributed by atoms with van der Waals surface area (Å²) in [5.41, 5.74) is 0. The maximum Gasteiger partial charge on any atom is 0.302 e. The molecular formula is C19H35NO5. The van der Waals surface area contributed by atoms with Gasteiger partial charge >= 0.3 is 5.97 Å². The Morgan fingerprint density at radius 1 is 1.20 bits per heavy atom. The van der Waals surface area contributed by atoms with E-state index in [1.807, 2.05) is 13.8 Å². The van der Waals surface area contributed by atoms with Crippen LogP contribution in [0.4, 0.5) is 0 Å². The molecule has 146 valence electrons. The molecule has 1 amide bonds. The third-order valence-electron chi connectivity index (χ3n) is 4.59. The van der Waals surface area contributed by atoms with Crippen LogP contribution in [0.25, 0.3) is 0 Å². The van der Waals surface area contributed by atoms with E-state index in [1.165, 1.54) is 13.8 Å². The van der Waals surface area contributed by atoms with E-state index in [2.05, 4.69) is 19.2 Å². The second-order valence-corrected chi connectivity index (χ2v) is 7.37. The zero-order valence-electron chi connectivity index (χ0n) is 16.5. The fraction of sp³-hybridized carbons (Fsp3) is 0.895. The van der Waals surface area contributed by atoms with Crippen LogP contribution >= 0.6 is 0 Å². The smallest absolute Gasteiger partial charge is 0.302 e. The van der Waals surface area contributed by atoms with Crippen molar-refractivity contribution in [2.24, 2.45) is 11.8 Å². The first-order chi connectivity index (χ1) is 11.8. The molecule has 1 fully saturated rings. The molecule has 0 spiro atoms. The molecule has 5 unspecified atom stereocenters. The van der Waals surface area contributed by atoms with E-state index in [-0.39, 0.29) is 23.9 Å². The van der Waals surface area contributed by atoms with Crippen LogP contribution in [-0.2, 0) is 23.8 Å². The van der Waals surface area contributed by atoms with Crippen molar-refractivity contribution in [2.45, 2.75) is 91.8 Å². The fourth-order valence-corrected chi connectivity index (χ4v) is 3.30. The van der Waals surface area contributed by atoms with Gasteiger partial charge in [0, 0.05) is 26.4 Å². The van der Waals surface area contributed by atoms with Gasteiger partial charge in [-0.1, -0.05) is 40.5 Å². The van der Waals surface area contributed by atoms with Gasteiger partial charge in [0.1, 0.15) is 12.1 Å². The van der Waals surface area contributed by atoms with E-state index in [4.69, 9.17) is 14.2 Å². The topological polar surface area (TPSA) is 73.9 Å². The van der Waals surface area contributed by atoms with Crippen LogP contribution in [0.15, 0.2) is 0 Å². The van der Waals surface area contributed by atoms with E-state index in [0.29, 0.717) is 12.5 Å². The number of hydrogen-bond donors (Lipinski definition) is 1. The van der Waals surface area contributed by atoms with Crippen LogP contribution in [0.3, 0.4) is 0 Å². The van der Waals surface area contributed by atoms with Gasteiger partial charge < -0.3 is 19.5 Å². The highest BCUT2D eigenvalue weighted by molar-refractivity contribution is 5.73. The summed E-state index contributed by atoms with van der Waals surface area (Å²) in [6.45, 7) is 11.8. The maximum absolute atomic E-state index is 11.6. The number of ether oxygens (including phenoxy) is 3. The molecule has 0 aromatic rings. The Bertz CT molecular complexity index is 426. The number of nitrogens with one attached hydrogen (secondary N) is 1. The van der Waals surface area contributed by atoms with E-state index >= 15 is 0 Å². The van der Waals surface area contributed by atoms with Gasteiger partial charge in [-0.2, -0.15) is 0 Å². The monoisotopic (exact) mass is 357 g/mol. The van der Waals surface area contributed by atoms with Crippen molar-refractivity contribution in [2.75, 3.05) is 6.61 Å². The molecule has 0 aromatic heterocycles. The molecule has 1 rings (SSSR count). The highest BCUT2D eigenvalue weighted by Crippen LogP contribution is 2.31. The molecule has 5 atom stereocenters. The number of hydrogen-bond acceptors (Lipinski definition) is 5. The first-order valence-electron chi connectivity index (χ1n) is 9.47. The van der Waals surface area contributed by atoms with Gasteiger partial charge in [-0.05, 0) is 18.8 Å². The number of carbonyl (C=O) groups excluding carboxylic acids is 2. The highest BCUT2D eigenvalue weighted by Gasteiger charge is 2.46. The summed E-state index contributed by atoms with van der Waals surface area (Å²) < 4.78 is 17.5. The Morgan fingerprint density at radius 3 is 2.40 bits per heavy atom. The SMILES string of the molecule is CCC1OC(OCCCCC(C)C)C(NC(C)=O)C(OC(C)=O)C1C. The zero-order valence-corrected chi connectivity index (χ0v) is 16.5. The molecule has 0 bridgehead atoms. The molecule has 0 saturated carbocycles. The van der Waals surface area contributed by atoms with Gasteiger partial charge in [-0.25, -0.2) is 0 Å². The Balaban J connectivity index is 2.77. The Morgan fingerprint density at radius 2 is 1.88 bits per heavy atom. The first kappa shape index (κ1) is 21.9. The molecule has 25 heavy (non-hydrogen) atoms. The average Bonchev–Trinajstić information content (AvgIpc) is 2.51. The minimum Gasteiger partial charge on any atom is -0.460 e. The minimum atomic E-state index is -0.603. The molecule has 6 nitrogen and oxygen atoms in total. The van der Waals surface area contributed by atoms with Crippen LogP contribution < -0.4 is 5.32 Å². The van der Waals surface area contributed by atoms with E-state index < -0.39 is 18.4 Å². The lowest BCUT2D eigenvalue weighted by molar-refractivity contribution is -0.253. The highest BCUT2D eigenvalue weighted by atomic mass is 16.7. The van der Waals surface area contributed by atoms with Gasteiger partial charge in [0.2, 0.25) is 5.91 Å². The molecule has 1 heterocycles. The molecule has 1 N–H and O–H groups in total. The molecule has 0 aromatic carbocycles. The van der Waals surface area contributed by atoms with E-state index in [0.717, 1.165) is 25.7 Å². The summed E-state index contributed by atoms with van der Waals surface area (Å²) in [7, 11) is 0. The lowest BCUT2D eigenvalue weighted by Gasteiger charge is -2.44. The van der Waals surface area contributed by atoms with Crippen molar-refractivity contribution in [3.05, 3.63) is 0 Å². The van der Waals surface area contributed by atoms with Crippen molar-refractivity contribution in [3.63, 3.8) is 0 Å². The van der Waals surface area contributed by atoms with Crippen LogP contribution in [0, 0.1) is 11.8 Å². The summed E-state index contributed by atoms with van der Waals surface area (Å²) >= 11 is 0. The third kappa shape index (κ3) is 7.32. The fourth-order valence-electron chi connectivity index (χ4n) is 3.30. The summed E-state index contributed by atoms with van der Waals surface area (Å²) in [5.74, 6) is 0.101. The first-order valence-corrected chi connectivity index (χ1v) is 9.47. The van der Waals surface area contributed by atoms with Gasteiger partial charge in [-0.3, -0.25) is 9.59 Å². The second-order valence-electron chi connectivity index (χ2n) is 7.37. The molecule has 0 aliphatic carbocycles. The zero-order chi connectivity index (χ0) is 19.0. The predicted octanol–water partition coefficient (Wildman–Crippen LogP) is 3.04. The summed E-state index contributed by atoms with van der Waals surface area (Å²) in [4.78, 5) is 23.2. The van der Waals surface area contributed by atoms with Crippen LogP contribution in [0.1, 0.15) is 67.2 Å². The molecule has 1 saturated heterocycles. The standard InChI is InChI=1S/C19H35NO5/c1-7-16-13(4)18(24-15(6)22)17(20-14(5)21)19(25-16)23-11-9-8-10-12(2)3/h12-13,16-19H,7-11H2,1-6H3,(H,20,21). The van der Waals surface area contributed by atoms with E-state index in [9.17, 15) is 9.59 Å². The van der Waals surface area contributed by atoms with Gasteiger partial charge in [0.15, 0.2) is 6.29 Å². The van der Waals surface area contributed by atoms with Crippen molar-refractivity contribution in [1.82, 2.24) is 5.32 Å². The number of rotatable bonds is 9. The number of unbranched alkanes of at least 4 members (excludes halogenated alkanes) is 1. The maximum atomic E-state index is 11.6. The third-order valence-corrected chi connectivity index (χ3v) is 4.59. The molecule has 1 aliphatic heterocycles. The van der Waals surface area contributed by atoms with Crippen LogP contribution in [0.2, 0.25) is 0 Å². The molecule has 0 radical (unpaired) electrons. The second kappa shape index (κ2) is 10.8. The number of esters is 1. The van der Waals surface area contributed by atoms with Crippen molar-refractivity contribution in [1.29, 1.82) is 0 Å². The van der Waals surface area contributed by atoms with Gasteiger partial charge in [0.05, 0.1) is 6.10 Å². The lowest BCUT2D eigenvalue weighted by atomic mass is 9.87.